The van der Waals surface area contributed by atoms with Crippen molar-refractivity contribution in [3.05, 3.63) is 29.8 Å². The van der Waals surface area contributed by atoms with Gasteiger partial charge in [0.2, 0.25) is 5.91 Å². The normalized spacial score (nSPS) is 18.0. The number of carbonyl (C=O) groups excluding carboxylic acids is 1. The minimum absolute atomic E-state index is 0.0655. The van der Waals surface area contributed by atoms with E-state index in [1.54, 1.807) is 30.7 Å². The molecule has 1 unspecified atom stereocenters. The number of fused-ring (bicyclic) bond motifs is 1. The number of carboxylic acid groups (broad SMARTS) is 1. The highest BCUT2D eigenvalue weighted by Gasteiger charge is 2.36. The van der Waals surface area contributed by atoms with Crippen molar-refractivity contribution < 1.29 is 14.7 Å². The second kappa shape index (κ2) is 5.48. The highest BCUT2D eigenvalue weighted by Crippen LogP contribution is 2.32. The number of anilines is 1. The van der Waals surface area contributed by atoms with Crippen molar-refractivity contribution in [2.24, 2.45) is 0 Å². The van der Waals surface area contributed by atoms with Gasteiger partial charge in [0.05, 0.1) is 6.54 Å². The molecular weight excluding hydrogens is 268 g/mol. The molecule has 1 aromatic carbocycles. The third-order valence-electron chi connectivity index (χ3n) is 4.33. The van der Waals surface area contributed by atoms with Gasteiger partial charge < -0.3 is 10.0 Å². The Balaban J connectivity index is 2.16. The molecule has 0 aromatic heterocycles. The van der Waals surface area contributed by atoms with Gasteiger partial charge in [0, 0.05) is 11.7 Å². The van der Waals surface area contributed by atoms with Crippen LogP contribution in [0.5, 0.6) is 0 Å². The van der Waals surface area contributed by atoms with E-state index in [2.05, 4.69) is 0 Å². The fraction of sp³-hybridized carbons (Fsp3) is 0.500. The van der Waals surface area contributed by atoms with Crippen LogP contribution in [0.25, 0.3) is 0 Å². The smallest absolute Gasteiger partial charge is 0.323 e. The SMILES string of the molecule is CC1Cc2ccccc2N1C(=O)CN(C)C(C)(C)C(=O)O. The molecular formula is C16H22N2O3. The lowest BCUT2D eigenvalue weighted by atomic mass is 10.0. The Labute approximate surface area is 125 Å². The molecule has 1 atom stereocenters. The molecule has 1 amide bonds. The van der Waals surface area contributed by atoms with E-state index in [1.807, 2.05) is 31.2 Å². The number of likely N-dealkylation sites (N-methyl/N-ethyl adjacent to an activating group) is 1. The zero-order valence-electron chi connectivity index (χ0n) is 13.0. The van der Waals surface area contributed by atoms with Gasteiger partial charge in [-0.2, -0.15) is 0 Å². The fourth-order valence-corrected chi connectivity index (χ4v) is 2.59. The molecule has 1 aliphatic rings. The Morgan fingerprint density at radius 1 is 1.38 bits per heavy atom. The summed E-state index contributed by atoms with van der Waals surface area (Å²) in [6.45, 7) is 5.30. The first-order chi connectivity index (χ1) is 9.75. The minimum atomic E-state index is -1.07. The second-order valence-corrected chi connectivity index (χ2v) is 6.17. The molecule has 5 nitrogen and oxygen atoms in total. The third-order valence-corrected chi connectivity index (χ3v) is 4.33. The molecule has 1 heterocycles. The average Bonchev–Trinajstić information content (AvgIpc) is 2.73. The molecule has 0 spiro atoms. The van der Waals surface area contributed by atoms with Crippen LogP contribution in [0.1, 0.15) is 26.3 Å². The fourth-order valence-electron chi connectivity index (χ4n) is 2.59. The Morgan fingerprint density at radius 2 is 2.00 bits per heavy atom. The lowest BCUT2D eigenvalue weighted by Gasteiger charge is -2.33. The largest absolute Gasteiger partial charge is 0.480 e. The van der Waals surface area contributed by atoms with Crippen molar-refractivity contribution in [1.29, 1.82) is 0 Å². The molecule has 114 valence electrons. The summed E-state index contributed by atoms with van der Waals surface area (Å²) in [5.74, 6) is -1.00. The number of nitrogens with zero attached hydrogens (tertiary/aromatic N) is 2. The van der Waals surface area contributed by atoms with Crippen LogP contribution in [0.2, 0.25) is 0 Å². The van der Waals surface area contributed by atoms with Gasteiger partial charge in [0.25, 0.3) is 0 Å². The van der Waals surface area contributed by atoms with Crippen LogP contribution in [0.4, 0.5) is 5.69 Å². The van der Waals surface area contributed by atoms with E-state index in [-0.39, 0.29) is 18.5 Å². The molecule has 1 N–H and O–H groups in total. The zero-order chi connectivity index (χ0) is 15.8. The molecule has 21 heavy (non-hydrogen) atoms. The van der Waals surface area contributed by atoms with Gasteiger partial charge in [-0.25, -0.2) is 0 Å². The summed E-state index contributed by atoms with van der Waals surface area (Å²) >= 11 is 0. The molecule has 0 saturated carbocycles. The summed E-state index contributed by atoms with van der Waals surface area (Å²) < 4.78 is 0. The lowest BCUT2D eigenvalue weighted by molar-refractivity contribution is -0.149. The Bertz CT molecular complexity index is 568. The maximum Gasteiger partial charge on any atom is 0.323 e. The van der Waals surface area contributed by atoms with E-state index >= 15 is 0 Å². The van der Waals surface area contributed by atoms with E-state index in [0.29, 0.717) is 0 Å². The van der Waals surface area contributed by atoms with Crippen LogP contribution in [0.15, 0.2) is 24.3 Å². The molecule has 0 saturated heterocycles. The topological polar surface area (TPSA) is 60.9 Å². The van der Waals surface area contributed by atoms with Crippen LogP contribution in [0, 0.1) is 0 Å². The zero-order valence-corrected chi connectivity index (χ0v) is 13.0. The molecule has 0 bridgehead atoms. The Hall–Kier alpha value is -1.88. The van der Waals surface area contributed by atoms with Crippen LogP contribution in [-0.4, -0.2) is 47.1 Å². The quantitative estimate of drug-likeness (QED) is 0.918. The molecule has 0 fully saturated rings. The van der Waals surface area contributed by atoms with Gasteiger partial charge in [-0.15, -0.1) is 0 Å². The van der Waals surface area contributed by atoms with Crippen LogP contribution in [0.3, 0.4) is 0 Å². The highest BCUT2D eigenvalue weighted by atomic mass is 16.4. The average molecular weight is 290 g/mol. The van der Waals surface area contributed by atoms with Crippen LogP contribution in [-0.2, 0) is 16.0 Å². The van der Waals surface area contributed by atoms with E-state index in [1.165, 1.54) is 5.56 Å². The molecule has 0 aliphatic carbocycles. The summed E-state index contributed by atoms with van der Waals surface area (Å²) in [6.07, 6.45) is 0.841. The predicted molar refractivity (Wildman–Crippen MR) is 81.4 cm³/mol. The van der Waals surface area contributed by atoms with Crippen molar-refractivity contribution in [3.63, 3.8) is 0 Å². The summed E-state index contributed by atoms with van der Waals surface area (Å²) in [4.78, 5) is 27.2. The lowest BCUT2D eigenvalue weighted by Crippen LogP contribution is -2.52. The number of carboxylic acids is 1. The van der Waals surface area contributed by atoms with Crippen molar-refractivity contribution in [2.45, 2.75) is 38.8 Å². The maximum absolute atomic E-state index is 12.6. The summed E-state index contributed by atoms with van der Waals surface area (Å²) in [6, 6.07) is 7.97. The number of carbonyl (C=O) groups is 2. The Kier molecular flexibility index (Phi) is 4.05. The number of rotatable bonds is 4. The highest BCUT2D eigenvalue weighted by molar-refractivity contribution is 5.97. The van der Waals surface area contributed by atoms with Gasteiger partial charge >= 0.3 is 5.97 Å². The molecule has 2 rings (SSSR count). The van der Waals surface area contributed by atoms with Crippen molar-refractivity contribution in [1.82, 2.24) is 4.90 Å². The number of hydrogen-bond acceptors (Lipinski definition) is 3. The van der Waals surface area contributed by atoms with Crippen molar-refractivity contribution in [2.75, 3.05) is 18.5 Å². The first-order valence-electron chi connectivity index (χ1n) is 7.09. The summed E-state index contributed by atoms with van der Waals surface area (Å²) in [5.41, 5.74) is 1.04. The molecule has 1 aromatic rings. The van der Waals surface area contributed by atoms with Crippen LogP contribution >= 0.6 is 0 Å². The first kappa shape index (κ1) is 15.5. The van der Waals surface area contributed by atoms with Gasteiger partial charge in [-0.1, -0.05) is 18.2 Å². The predicted octanol–water partition coefficient (Wildman–Crippen LogP) is 1.76. The summed E-state index contributed by atoms with van der Waals surface area (Å²) in [5, 5.41) is 9.23. The Morgan fingerprint density at radius 3 is 2.62 bits per heavy atom. The van der Waals surface area contributed by atoms with E-state index in [0.717, 1.165) is 12.1 Å². The third kappa shape index (κ3) is 2.78. The van der Waals surface area contributed by atoms with E-state index < -0.39 is 11.5 Å². The van der Waals surface area contributed by atoms with Crippen LogP contribution < -0.4 is 4.90 Å². The maximum atomic E-state index is 12.6. The minimum Gasteiger partial charge on any atom is -0.480 e. The van der Waals surface area contributed by atoms with Gasteiger partial charge in [0.15, 0.2) is 0 Å². The van der Waals surface area contributed by atoms with E-state index in [4.69, 9.17) is 0 Å². The standard InChI is InChI=1S/C16H22N2O3/c1-11-9-12-7-5-6-8-13(12)18(11)14(19)10-17(4)16(2,3)15(20)21/h5-8,11H,9-10H2,1-4H3,(H,20,21). The monoisotopic (exact) mass is 290 g/mol. The van der Waals surface area contributed by atoms with Crippen molar-refractivity contribution in [3.8, 4) is 0 Å². The molecule has 5 heteroatoms. The van der Waals surface area contributed by atoms with Gasteiger partial charge in [0.1, 0.15) is 5.54 Å². The number of amides is 1. The second-order valence-electron chi connectivity index (χ2n) is 6.17. The first-order valence-corrected chi connectivity index (χ1v) is 7.09. The number of benzene rings is 1. The van der Waals surface area contributed by atoms with Crippen molar-refractivity contribution >= 4 is 17.6 Å². The number of para-hydroxylation sites is 1. The summed E-state index contributed by atoms with van der Waals surface area (Å²) in [7, 11) is 1.67. The molecule has 0 radical (unpaired) electrons. The molecule has 1 aliphatic heterocycles. The van der Waals surface area contributed by atoms with Gasteiger partial charge in [-0.05, 0) is 45.9 Å². The number of hydrogen-bond donors (Lipinski definition) is 1. The number of aliphatic carboxylic acids is 1. The van der Waals surface area contributed by atoms with Gasteiger partial charge in [-0.3, -0.25) is 14.5 Å². The van der Waals surface area contributed by atoms with E-state index in [9.17, 15) is 14.7 Å².